The Hall–Kier alpha value is -2.68. The van der Waals surface area contributed by atoms with Crippen LogP contribution < -0.4 is 0 Å². The highest BCUT2D eigenvalue weighted by molar-refractivity contribution is 7.09. The second kappa shape index (κ2) is 12.2. The van der Waals surface area contributed by atoms with Gasteiger partial charge in [0.15, 0.2) is 5.69 Å². The fraction of sp³-hybridized carbons (Fsp3) is 0.545. The highest BCUT2D eigenvalue weighted by atomic mass is 32.1. The third-order valence-corrected chi connectivity index (χ3v) is 4.84. The summed E-state index contributed by atoms with van der Waals surface area (Å²) >= 11 is 1.27. The molecule has 9 heteroatoms. The molecule has 2 aromatic rings. The first-order chi connectivity index (χ1) is 14.6. The molecular weight excluding hydrogens is 416 g/mol. The average Bonchev–Trinajstić information content (AvgIpc) is 3.29. The molecular formula is C22H34N4O4S. The van der Waals surface area contributed by atoms with Gasteiger partial charge in [-0.2, -0.15) is 0 Å². The van der Waals surface area contributed by atoms with Gasteiger partial charge in [-0.1, -0.05) is 19.9 Å². The Morgan fingerprint density at radius 2 is 1.87 bits per heavy atom. The Kier molecular flexibility index (Phi) is 10.4. The summed E-state index contributed by atoms with van der Waals surface area (Å²) < 4.78 is 5.52. The largest absolute Gasteiger partial charge is 0.476 e. The fourth-order valence-electron chi connectivity index (χ4n) is 2.59. The number of aromatic nitrogens is 3. The summed E-state index contributed by atoms with van der Waals surface area (Å²) in [5.41, 5.74) is 1.28. The van der Waals surface area contributed by atoms with Crippen molar-refractivity contribution in [3.8, 4) is 0 Å². The molecule has 8 nitrogen and oxygen atoms in total. The van der Waals surface area contributed by atoms with E-state index < -0.39 is 17.7 Å². The standard InChI is InChI=1S/C20H28N4O4S.C2H6/c1-6-7-14-13(2)21-16(22-14)8-10-24(19(27)28-20(3,4)5)11-9-17-23-15(12-29-17)18(25)26;1-2/h6-7,12H,8-11H2,1-5H3,(H,21,22)(H,25,26);1-2H3/b7-6-;. The van der Waals surface area contributed by atoms with E-state index in [9.17, 15) is 9.59 Å². The van der Waals surface area contributed by atoms with Crippen molar-refractivity contribution >= 4 is 29.5 Å². The van der Waals surface area contributed by atoms with Crippen LogP contribution in [0.25, 0.3) is 6.08 Å². The van der Waals surface area contributed by atoms with E-state index in [1.54, 1.807) is 4.90 Å². The van der Waals surface area contributed by atoms with Crippen LogP contribution in [0.3, 0.4) is 0 Å². The third kappa shape index (κ3) is 8.92. The number of aromatic amines is 1. The monoisotopic (exact) mass is 450 g/mol. The van der Waals surface area contributed by atoms with Crippen molar-refractivity contribution in [3.05, 3.63) is 39.4 Å². The summed E-state index contributed by atoms with van der Waals surface area (Å²) in [5.74, 6) is -0.256. The highest BCUT2D eigenvalue weighted by Crippen LogP contribution is 2.15. The van der Waals surface area contributed by atoms with Gasteiger partial charge in [-0.25, -0.2) is 19.6 Å². The molecule has 172 valence electrons. The van der Waals surface area contributed by atoms with E-state index in [1.807, 2.05) is 60.6 Å². The van der Waals surface area contributed by atoms with Gasteiger partial charge < -0.3 is 19.7 Å². The molecule has 0 aliphatic rings. The van der Waals surface area contributed by atoms with Crippen LogP contribution in [0.15, 0.2) is 11.5 Å². The predicted molar refractivity (Wildman–Crippen MR) is 124 cm³/mol. The van der Waals surface area contributed by atoms with Gasteiger partial charge >= 0.3 is 12.1 Å². The van der Waals surface area contributed by atoms with Gasteiger partial charge in [0.25, 0.3) is 0 Å². The number of aryl methyl sites for hydroxylation is 1. The van der Waals surface area contributed by atoms with Crippen LogP contribution in [0, 0.1) is 6.92 Å². The number of carbonyl (C=O) groups excluding carboxylic acids is 1. The van der Waals surface area contributed by atoms with Crippen LogP contribution >= 0.6 is 11.3 Å². The fourth-order valence-corrected chi connectivity index (χ4v) is 3.35. The van der Waals surface area contributed by atoms with Gasteiger partial charge in [0.05, 0.1) is 10.7 Å². The van der Waals surface area contributed by atoms with E-state index in [0.29, 0.717) is 30.9 Å². The van der Waals surface area contributed by atoms with Crippen LogP contribution in [0.1, 0.15) is 74.3 Å². The average molecular weight is 451 g/mol. The van der Waals surface area contributed by atoms with Gasteiger partial charge in [0, 0.05) is 37.0 Å². The topological polar surface area (TPSA) is 108 Å². The number of rotatable bonds is 8. The number of carbonyl (C=O) groups is 2. The Morgan fingerprint density at radius 3 is 2.42 bits per heavy atom. The van der Waals surface area contributed by atoms with Crippen molar-refractivity contribution < 1.29 is 19.4 Å². The maximum Gasteiger partial charge on any atom is 0.410 e. The molecule has 2 aromatic heterocycles. The molecule has 0 fully saturated rings. The predicted octanol–water partition coefficient (Wildman–Crippen LogP) is 4.95. The van der Waals surface area contributed by atoms with E-state index in [1.165, 1.54) is 16.7 Å². The molecule has 0 saturated carbocycles. The summed E-state index contributed by atoms with van der Waals surface area (Å²) in [6, 6.07) is 0. The summed E-state index contributed by atoms with van der Waals surface area (Å²) in [5, 5.41) is 11.2. The summed E-state index contributed by atoms with van der Waals surface area (Å²) in [6.45, 7) is 14.2. The minimum Gasteiger partial charge on any atom is -0.476 e. The number of nitrogens with one attached hydrogen (secondary N) is 1. The van der Waals surface area contributed by atoms with Crippen molar-refractivity contribution in [3.63, 3.8) is 0 Å². The first kappa shape index (κ1) is 26.4. The zero-order chi connectivity index (χ0) is 23.6. The SMILES string of the molecule is C/C=C\c1nc(CCN(CCc2nc(C(=O)O)cs2)C(=O)OC(C)(C)C)[nH]c1C.CC. The summed E-state index contributed by atoms with van der Waals surface area (Å²) in [6.07, 6.45) is 4.46. The summed E-state index contributed by atoms with van der Waals surface area (Å²) in [4.78, 5) is 37.1. The second-order valence-electron chi connectivity index (χ2n) is 7.59. The van der Waals surface area contributed by atoms with Gasteiger partial charge in [-0.3, -0.25) is 0 Å². The van der Waals surface area contributed by atoms with E-state index in [0.717, 1.165) is 17.2 Å². The van der Waals surface area contributed by atoms with Gasteiger partial charge in [-0.15, -0.1) is 11.3 Å². The molecule has 0 spiro atoms. The Labute approximate surface area is 188 Å². The minimum absolute atomic E-state index is 0.0244. The first-order valence-electron chi connectivity index (χ1n) is 10.4. The quantitative estimate of drug-likeness (QED) is 0.589. The first-order valence-corrected chi connectivity index (χ1v) is 11.3. The number of carboxylic acid groups (broad SMARTS) is 1. The molecule has 0 atom stereocenters. The lowest BCUT2D eigenvalue weighted by atomic mass is 10.2. The van der Waals surface area contributed by atoms with Crippen molar-refractivity contribution in [1.82, 2.24) is 19.9 Å². The van der Waals surface area contributed by atoms with Gasteiger partial charge in [0.1, 0.15) is 11.4 Å². The van der Waals surface area contributed by atoms with Crippen molar-refractivity contribution in [2.24, 2.45) is 0 Å². The normalized spacial score (nSPS) is 11.2. The Bertz CT molecular complexity index is 880. The van der Waals surface area contributed by atoms with Crippen LogP contribution in [0.5, 0.6) is 0 Å². The van der Waals surface area contributed by atoms with E-state index >= 15 is 0 Å². The lowest BCUT2D eigenvalue weighted by molar-refractivity contribution is 0.0253. The Morgan fingerprint density at radius 1 is 1.23 bits per heavy atom. The van der Waals surface area contributed by atoms with E-state index in [4.69, 9.17) is 9.84 Å². The minimum atomic E-state index is -1.05. The van der Waals surface area contributed by atoms with Gasteiger partial charge in [0.2, 0.25) is 0 Å². The highest BCUT2D eigenvalue weighted by Gasteiger charge is 2.23. The lowest BCUT2D eigenvalue weighted by Gasteiger charge is -2.27. The molecule has 0 bridgehead atoms. The van der Waals surface area contributed by atoms with Crippen LogP contribution in [0.2, 0.25) is 0 Å². The van der Waals surface area contributed by atoms with Crippen LogP contribution in [0.4, 0.5) is 4.79 Å². The van der Waals surface area contributed by atoms with Crippen LogP contribution in [-0.2, 0) is 17.6 Å². The number of amides is 1. The molecule has 0 aliphatic heterocycles. The summed E-state index contributed by atoms with van der Waals surface area (Å²) in [7, 11) is 0. The van der Waals surface area contributed by atoms with Crippen molar-refractivity contribution in [2.45, 2.75) is 66.9 Å². The lowest BCUT2D eigenvalue weighted by Crippen LogP contribution is -2.39. The van der Waals surface area contributed by atoms with Crippen LogP contribution in [-0.4, -0.2) is 55.7 Å². The van der Waals surface area contributed by atoms with Gasteiger partial charge in [-0.05, 0) is 40.7 Å². The number of carboxylic acids is 1. The number of allylic oxidation sites excluding steroid dienone is 1. The number of ether oxygens (including phenoxy) is 1. The second-order valence-corrected chi connectivity index (χ2v) is 8.54. The van der Waals surface area contributed by atoms with Crippen molar-refractivity contribution in [2.75, 3.05) is 13.1 Å². The molecule has 31 heavy (non-hydrogen) atoms. The maximum atomic E-state index is 12.6. The molecule has 0 saturated heterocycles. The molecule has 2 rings (SSSR count). The number of nitrogens with zero attached hydrogens (tertiary/aromatic N) is 3. The number of aromatic carboxylic acids is 1. The molecule has 0 aliphatic carbocycles. The zero-order valence-corrected chi connectivity index (χ0v) is 20.3. The molecule has 2 heterocycles. The molecule has 0 radical (unpaired) electrons. The molecule has 2 N–H and O–H groups in total. The number of H-pyrrole nitrogens is 1. The smallest absolute Gasteiger partial charge is 0.410 e. The number of hydrogen-bond donors (Lipinski definition) is 2. The Balaban J connectivity index is 0.00000233. The zero-order valence-electron chi connectivity index (χ0n) is 19.5. The number of hydrogen-bond acceptors (Lipinski definition) is 6. The van der Waals surface area contributed by atoms with E-state index in [-0.39, 0.29) is 5.69 Å². The maximum absolute atomic E-state index is 12.6. The van der Waals surface area contributed by atoms with Crippen molar-refractivity contribution in [1.29, 1.82) is 0 Å². The third-order valence-electron chi connectivity index (χ3n) is 3.93. The van der Waals surface area contributed by atoms with E-state index in [2.05, 4.69) is 15.0 Å². The number of imidazole rings is 1. The molecule has 0 unspecified atom stereocenters. The number of thiazole rings is 1. The molecule has 0 aromatic carbocycles. The molecule has 1 amide bonds.